The molecule has 2 aliphatic heterocycles. The molecule has 1 saturated heterocycles. The van der Waals surface area contributed by atoms with Crippen LogP contribution in [-0.2, 0) is 13.0 Å². The number of hydrogen-bond acceptors (Lipinski definition) is 3. The van der Waals surface area contributed by atoms with Crippen LogP contribution in [0, 0.1) is 5.82 Å². The van der Waals surface area contributed by atoms with Gasteiger partial charge < -0.3 is 19.9 Å². The number of nitrogens with zero attached hydrogens (tertiary/aromatic N) is 2. The molecule has 6 heteroatoms. The second-order valence-corrected chi connectivity index (χ2v) is 9.52. The summed E-state index contributed by atoms with van der Waals surface area (Å²) in [5.74, 6) is 0.597. The molecule has 182 valence electrons. The third-order valence-corrected chi connectivity index (χ3v) is 7.23. The van der Waals surface area contributed by atoms with Crippen LogP contribution in [-0.4, -0.2) is 36.2 Å². The summed E-state index contributed by atoms with van der Waals surface area (Å²) >= 11 is 0. The highest BCUT2D eigenvalue weighted by molar-refractivity contribution is 5.89. The Morgan fingerprint density at radius 3 is 2.29 bits per heavy atom. The van der Waals surface area contributed by atoms with Crippen LogP contribution in [0.1, 0.15) is 37.3 Å². The maximum absolute atomic E-state index is 13.2. The number of rotatable bonds is 4. The lowest BCUT2D eigenvalue weighted by Crippen LogP contribution is -2.51. The van der Waals surface area contributed by atoms with Crippen LogP contribution in [0.2, 0.25) is 0 Å². The fraction of sp³-hybridized carbons (Fsp3) is 0.345. The zero-order chi connectivity index (χ0) is 24.3. The standard InChI is InChI=1S/C29H32FN3O2/c1-2-22-7-9-23(10-8-22)21-33-20-17-29(35-27-6-4-3-5-26(27)33)15-18-32(19-16-29)28(34)31-25-13-11-24(30)12-14-25/h3-14H,2,15-21H2,1H3,(H,31,34). The van der Waals surface area contributed by atoms with Gasteiger partial charge in [0.25, 0.3) is 0 Å². The van der Waals surface area contributed by atoms with Crippen molar-refractivity contribution in [2.45, 2.75) is 44.8 Å². The van der Waals surface area contributed by atoms with E-state index in [0.29, 0.717) is 18.8 Å². The fourth-order valence-corrected chi connectivity index (χ4v) is 5.02. The van der Waals surface area contributed by atoms with Crippen molar-refractivity contribution in [3.8, 4) is 5.75 Å². The molecule has 5 nitrogen and oxygen atoms in total. The lowest BCUT2D eigenvalue weighted by atomic mass is 9.87. The summed E-state index contributed by atoms with van der Waals surface area (Å²) in [7, 11) is 0. The Morgan fingerprint density at radius 2 is 1.57 bits per heavy atom. The number of carbonyl (C=O) groups excluding carboxylic acids is 1. The lowest BCUT2D eigenvalue weighted by Gasteiger charge is -2.41. The van der Waals surface area contributed by atoms with Gasteiger partial charge in [0, 0.05) is 51.1 Å². The lowest BCUT2D eigenvalue weighted by molar-refractivity contribution is 0.0110. The van der Waals surface area contributed by atoms with Gasteiger partial charge in [0.15, 0.2) is 0 Å². The average molecular weight is 474 g/mol. The number of para-hydroxylation sites is 2. The highest BCUT2D eigenvalue weighted by atomic mass is 19.1. The number of benzene rings is 3. The summed E-state index contributed by atoms with van der Waals surface area (Å²) in [6.07, 6.45) is 3.50. The van der Waals surface area contributed by atoms with Gasteiger partial charge in [0.1, 0.15) is 17.2 Å². The number of ether oxygens (including phenoxy) is 1. The Hall–Kier alpha value is -3.54. The Morgan fingerprint density at radius 1 is 0.914 bits per heavy atom. The Labute approximate surface area is 206 Å². The highest BCUT2D eigenvalue weighted by Gasteiger charge is 2.40. The van der Waals surface area contributed by atoms with Gasteiger partial charge in [-0.05, 0) is 53.9 Å². The molecule has 2 heterocycles. The van der Waals surface area contributed by atoms with E-state index in [0.717, 1.165) is 50.2 Å². The number of amides is 2. The number of hydrogen-bond donors (Lipinski definition) is 1. The van der Waals surface area contributed by atoms with E-state index in [1.165, 1.54) is 23.3 Å². The van der Waals surface area contributed by atoms with Crippen molar-refractivity contribution in [1.29, 1.82) is 0 Å². The number of fused-ring (bicyclic) bond motifs is 1. The van der Waals surface area contributed by atoms with Gasteiger partial charge in [0.05, 0.1) is 5.69 Å². The first-order chi connectivity index (χ1) is 17.0. The van der Waals surface area contributed by atoms with Crippen molar-refractivity contribution in [2.24, 2.45) is 0 Å². The third kappa shape index (κ3) is 5.26. The number of urea groups is 1. The largest absolute Gasteiger partial charge is 0.485 e. The minimum atomic E-state index is -0.319. The number of nitrogens with one attached hydrogen (secondary N) is 1. The summed E-state index contributed by atoms with van der Waals surface area (Å²) < 4.78 is 19.9. The van der Waals surface area contributed by atoms with E-state index in [9.17, 15) is 9.18 Å². The zero-order valence-corrected chi connectivity index (χ0v) is 20.2. The molecule has 0 aliphatic carbocycles. The van der Waals surface area contributed by atoms with Crippen molar-refractivity contribution in [2.75, 3.05) is 29.9 Å². The molecular weight excluding hydrogens is 441 g/mol. The topological polar surface area (TPSA) is 44.8 Å². The van der Waals surface area contributed by atoms with Gasteiger partial charge in [-0.25, -0.2) is 9.18 Å². The van der Waals surface area contributed by atoms with Crippen LogP contribution >= 0.6 is 0 Å². The van der Waals surface area contributed by atoms with E-state index in [4.69, 9.17) is 4.74 Å². The molecule has 3 aromatic carbocycles. The summed E-state index contributed by atoms with van der Waals surface area (Å²) in [4.78, 5) is 17.0. The molecule has 0 aromatic heterocycles. The van der Waals surface area contributed by atoms with E-state index in [2.05, 4.69) is 59.6 Å². The van der Waals surface area contributed by atoms with E-state index in [-0.39, 0.29) is 17.4 Å². The SMILES string of the molecule is CCc1ccc(CN2CCC3(CCN(C(=O)Nc4ccc(F)cc4)CC3)Oc3ccccc32)cc1. The predicted molar refractivity (Wildman–Crippen MR) is 138 cm³/mol. The average Bonchev–Trinajstić information content (AvgIpc) is 3.03. The second-order valence-electron chi connectivity index (χ2n) is 9.52. The van der Waals surface area contributed by atoms with Crippen LogP contribution in [0.5, 0.6) is 5.75 Å². The molecule has 1 spiro atoms. The van der Waals surface area contributed by atoms with Crippen LogP contribution < -0.4 is 15.0 Å². The second kappa shape index (κ2) is 9.98. The molecule has 0 unspecified atom stereocenters. The molecule has 1 fully saturated rings. The normalized spacial score (nSPS) is 16.9. The molecule has 2 amide bonds. The number of carbonyl (C=O) groups is 1. The fourth-order valence-electron chi connectivity index (χ4n) is 5.02. The van der Waals surface area contributed by atoms with E-state index in [1.807, 2.05) is 11.0 Å². The molecule has 2 aliphatic rings. The summed E-state index contributed by atoms with van der Waals surface area (Å²) in [6.45, 7) is 5.15. The summed E-state index contributed by atoms with van der Waals surface area (Å²) in [5.41, 5.74) is 4.07. The third-order valence-electron chi connectivity index (χ3n) is 7.23. The van der Waals surface area contributed by atoms with Crippen LogP contribution in [0.15, 0.2) is 72.8 Å². The van der Waals surface area contributed by atoms with Gasteiger partial charge in [-0.3, -0.25) is 0 Å². The van der Waals surface area contributed by atoms with Gasteiger partial charge in [-0.2, -0.15) is 0 Å². The first-order valence-corrected chi connectivity index (χ1v) is 12.5. The molecule has 0 atom stereocenters. The predicted octanol–water partition coefficient (Wildman–Crippen LogP) is 6.24. The number of halogens is 1. The first kappa shape index (κ1) is 23.2. The zero-order valence-electron chi connectivity index (χ0n) is 20.2. The number of anilines is 2. The van der Waals surface area contributed by atoms with Crippen LogP contribution in [0.4, 0.5) is 20.6 Å². The van der Waals surface area contributed by atoms with Crippen LogP contribution in [0.3, 0.4) is 0 Å². The Kier molecular flexibility index (Phi) is 6.62. The van der Waals surface area contributed by atoms with Crippen molar-refractivity contribution >= 4 is 17.4 Å². The van der Waals surface area contributed by atoms with Gasteiger partial charge in [-0.15, -0.1) is 0 Å². The monoisotopic (exact) mass is 473 g/mol. The molecule has 0 saturated carbocycles. The highest BCUT2D eigenvalue weighted by Crippen LogP contribution is 2.41. The Bertz CT molecular complexity index is 1160. The summed E-state index contributed by atoms with van der Waals surface area (Å²) in [5, 5.41) is 2.87. The maximum Gasteiger partial charge on any atom is 0.321 e. The minimum absolute atomic E-state index is 0.155. The molecular formula is C29H32FN3O2. The van der Waals surface area contributed by atoms with E-state index < -0.39 is 0 Å². The summed E-state index contributed by atoms with van der Waals surface area (Å²) in [6, 6.07) is 22.9. The van der Waals surface area contributed by atoms with Gasteiger partial charge in [0.2, 0.25) is 0 Å². The van der Waals surface area contributed by atoms with Crippen LogP contribution in [0.25, 0.3) is 0 Å². The number of likely N-dealkylation sites (tertiary alicyclic amines) is 1. The molecule has 5 rings (SSSR count). The number of aryl methyl sites for hydroxylation is 1. The van der Waals surface area contributed by atoms with E-state index in [1.54, 1.807) is 12.1 Å². The van der Waals surface area contributed by atoms with E-state index >= 15 is 0 Å². The van der Waals surface area contributed by atoms with Gasteiger partial charge >= 0.3 is 6.03 Å². The first-order valence-electron chi connectivity index (χ1n) is 12.5. The Balaban J connectivity index is 1.26. The van der Waals surface area contributed by atoms with Gasteiger partial charge in [-0.1, -0.05) is 43.3 Å². The minimum Gasteiger partial charge on any atom is -0.485 e. The number of piperidine rings is 1. The van der Waals surface area contributed by atoms with Crippen molar-refractivity contribution in [3.63, 3.8) is 0 Å². The van der Waals surface area contributed by atoms with Crippen molar-refractivity contribution in [3.05, 3.63) is 89.7 Å². The molecule has 0 radical (unpaired) electrons. The quantitative estimate of drug-likeness (QED) is 0.488. The maximum atomic E-state index is 13.2. The molecule has 35 heavy (non-hydrogen) atoms. The van der Waals surface area contributed by atoms with Crippen molar-refractivity contribution in [1.82, 2.24) is 4.90 Å². The molecule has 3 aromatic rings. The van der Waals surface area contributed by atoms with Crippen molar-refractivity contribution < 1.29 is 13.9 Å². The smallest absolute Gasteiger partial charge is 0.321 e. The molecule has 1 N–H and O–H groups in total. The molecule has 0 bridgehead atoms.